The number of likely N-dealkylation sites (tertiary alicyclic amines) is 1. The largest absolute Gasteiger partial charge is 0.393 e. The van der Waals surface area contributed by atoms with Gasteiger partial charge >= 0.3 is 0 Å². The van der Waals surface area contributed by atoms with E-state index in [1.54, 1.807) is 20.8 Å². The second kappa shape index (κ2) is 6.16. The number of rotatable bonds is 6. The Morgan fingerprint density at radius 2 is 2.00 bits per heavy atom. The summed E-state index contributed by atoms with van der Waals surface area (Å²) in [7, 11) is -2.94. The Morgan fingerprint density at radius 3 is 2.53 bits per heavy atom. The molecule has 1 aliphatic heterocycles. The molecule has 0 aliphatic carbocycles. The summed E-state index contributed by atoms with van der Waals surface area (Å²) >= 11 is 0. The van der Waals surface area contributed by atoms with Crippen molar-refractivity contribution in [2.45, 2.75) is 57.4 Å². The van der Waals surface area contributed by atoms with Crippen molar-refractivity contribution in [2.75, 3.05) is 18.8 Å². The van der Waals surface area contributed by atoms with Crippen LogP contribution in [0, 0.1) is 0 Å². The molecule has 102 valence electrons. The first-order valence-corrected chi connectivity index (χ1v) is 8.18. The SMILES string of the molecule is CC(O)CC1CCCN1CCS(=O)(=O)C(C)C. The quantitative estimate of drug-likeness (QED) is 0.778. The Kier molecular flexibility index (Phi) is 5.41. The van der Waals surface area contributed by atoms with Crippen LogP contribution in [-0.4, -0.2) is 54.7 Å². The van der Waals surface area contributed by atoms with E-state index < -0.39 is 9.84 Å². The maximum absolute atomic E-state index is 11.7. The third-order valence-corrected chi connectivity index (χ3v) is 5.68. The third-order valence-electron chi connectivity index (χ3n) is 3.49. The molecule has 17 heavy (non-hydrogen) atoms. The first-order chi connectivity index (χ1) is 7.83. The van der Waals surface area contributed by atoms with Gasteiger partial charge in [0.2, 0.25) is 0 Å². The van der Waals surface area contributed by atoms with Gasteiger partial charge in [-0.3, -0.25) is 4.90 Å². The van der Waals surface area contributed by atoms with Gasteiger partial charge in [0.15, 0.2) is 9.84 Å². The molecule has 4 nitrogen and oxygen atoms in total. The molecule has 2 atom stereocenters. The molecule has 0 spiro atoms. The monoisotopic (exact) mass is 263 g/mol. The molecule has 0 aromatic carbocycles. The minimum absolute atomic E-state index is 0.237. The fraction of sp³-hybridized carbons (Fsp3) is 1.00. The first kappa shape index (κ1) is 14.9. The average molecular weight is 263 g/mol. The van der Waals surface area contributed by atoms with Crippen LogP contribution >= 0.6 is 0 Å². The highest BCUT2D eigenvalue weighted by Gasteiger charge is 2.27. The van der Waals surface area contributed by atoms with Crippen molar-refractivity contribution in [3.63, 3.8) is 0 Å². The summed E-state index contributed by atoms with van der Waals surface area (Å²) in [6, 6.07) is 0.359. The standard InChI is InChI=1S/C12H25NO3S/c1-10(2)17(15,16)8-7-13-6-4-5-12(13)9-11(3)14/h10-12,14H,4-9H2,1-3H3. The zero-order chi connectivity index (χ0) is 13.1. The van der Waals surface area contributed by atoms with Crippen molar-refractivity contribution in [3.05, 3.63) is 0 Å². The summed E-state index contributed by atoms with van der Waals surface area (Å²) in [5.41, 5.74) is 0. The van der Waals surface area contributed by atoms with Crippen LogP contribution < -0.4 is 0 Å². The highest BCUT2D eigenvalue weighted by molar-refractivity contribution is 7.92. The average Bonchev–Trinajstić information content (AvgIpc) is 2.61. The lowest BCUT2D eigenvalue weighted by Crippen LogP contribution is -2.36. The van der Waals surface area contributed by atoms with E-state index >= 15 is 0 Å². The Labute approximate surface area is 105 Å². The van der Waals surface area contributed by atoms with Crippen molar-refractivity contribution >= 4 is 9.84 Å². The number of nitrogens with zero attached hydrogens (tertiary/aromatic N) is 1. The molecule has 0 amide bonds. The topological polar surface area (TPSA) is 57.6 Å². The van der Waals surface area contributed by atoms with Gasteiger partial charge in [0, 0.05) is 12.6 Å². The molecule has 0 saturated carbocycles. The van der Waals surface area contributed by atoms with E-state index in [0.29, 0.717) is 12.6 Å². The molecule has 1 aliphatic rings. The Balaban J connectivity index is 2.46. The second-order valence-electron chi connectivity index (χ2n) is 5.33. The summed E-state index contributed by atoms with van der Waals surface area (Å²) in [4.78, 5) is 2.21. The van der Waals surface area contributed by atoms with Crippen LogP contribution in [0.25, 0.3) is 0 Å². The lowest BCUT2D eigenvalue weighted by molar-refractivity contribution is 0.137. The van der Waals surface area contributed by atoms with Gasteiger partial charge in [-0.25, -0.2) is 8.42 Å². The summed E-state index contributed by atoms with van der Waals surface area (Å²) in [6.45, 7) is 6.82. The Morgan fingerprint density at radius 1 is 1.35 bits per heavy atom. The molecule has 1 heterocycles. The number of aliphatic hydroxyl groups excluding tert-OH is 1. The minimum atomic E-state index is -2.94. The zero-order valence-electron chi connectivity index (χ0n) is 11.1. The molecule has 1 fully saturated rings. The molecule has 0 aromatic rings. The van der Waals surface area contributed by atoms with E-state index in [2.05, 4.69) is 4.90 Å². The third kappa shape index (κ3) is 4.56. The number of hydrogen-bond acceptors (Lipinski definition) is 4. The molecule has 5 heteroatoms. The van der Waals surface area contributed by atoms with E-state index in [1.807, 2.05) is 0 Å². The van der Waals surface area contributed by atoms with Crippen molar-refractivity contribution in [1.29, 1.82) is 0 Å². The van der Waals surface area contributed by atoms with Gasteiger partial charge in [0.1, 0.15) is 0 Å². The van der Waals surface area contributed by atoms with Crippen LogP contribution in [0.4, 0.5) is 0 Å². The Bertz CT molecular complexity index is 325. The zero-order valence-corrected chi connectivity index (χ0v) is 11.9. The molecule has 1 N–H and O–H groups in total. The fourth-order valence-corrected chi connectivity index (χ4v) is 3.29. The smallest absolute Gasteiger partial charge is 0.153 e. The molecular weight excluding hydrogens is 238 g/mol. The van der Waals surface area contributed by atoms with Crippen molar-refractivity contribution in [1.82, 2.24) is 4.90 Å². The lowest BCUT2D eigenvalue weighted by atomic mass is 10.1. The molecule has 1 rings (SSSR count). The highest BCUT2D eigenvalue weighted by atomic mass is 32.2. The maximum atomic E-state index is 11.7. The van der Waals surface area contributed by atoms with Gasteiger partial charge in [0.05, 0.1) is 17.1 Å². The first-order valence-electron chi connectivity index (χ1n) is 6.46. The van der Waals surface area contributed by atoms with E-state index in [9.17, 15) is 13.5 Å². The summed E-state index contributed by atoms with van der Waals surface area (Å²) < 4.78 is 23.5. The summed E-state index contributed by atoms with van der Waals surface area (Å²) in [6.07, 6.45) is 2.63. The van der Waals surface area contributed by atoms with E-state index in [-0.39, 0.29) is 17.1 Å². The normalized spacial score (nSPS) is 24.4. The van der Waals surface area contributed by atoms with Crippen LogP contribution in [0.15, 0.2) is 0 Å². The number of hydrogen-bond donors (Lipinski definition) is 1. The molecule has 0 radical (unpaired) electrons. The predicted octanol–water partition coefficient (Wildman–Crippen LogP) is 1.04. The van der Waals surface area contributed by atoms with E-state index in [1.165, 1.54) is 0 Å². The van der Waals surface area contributed by atoms with Crippen molar-refractivity contribution < 1.29 is 13.5 Å². The summed E-state index contributed by atoms with van der Waals surface area (Å²) in [5, 5.41) is 9.11. The van der Waals surface area contributed by atoms with Crippen LogP contribution in [-0.2, 0) is 9.84 Å². The molecule has 2 unspecified atom stereocenters. The van der Waals surface area contributed by atoms with Gasteiger partial charge in [-0.2, -0.15) is 0 Å². The van der Waals surface area contributed by atoms with Crippen LogP contribution in [0.1, 0.15) is 40.0 Å². The number of sulfone groups is 1. The maximum Gasteiger partial charge on any atom is 0.153 e. The highest BCUT2D eigenvalue weighted by Crippen LogP contribution is 2.21. The lowest BCUT2D eigenvalue weighted by Gasteiger charge is -2.25. The molecular formula is C12H25NO3S. The number of aliphatic hydroxyl groups is 1. The second-order valence-corrected chi connectivity index (χ2v) is 8.01. The molecule has 1 saturated heterocycles. The van der Waals surface area contributed by atoms with Crippen LogP contribution in [0.3, 0.4) is 0 Å². The van der Waals surface area contributed by atoms with Gasteiger partial charge < -0.3 is 5.11 Å². The van der Waals surface area contributed by atoms with Crippen LogP contribution in [0.5, 0.6) is 0 Å². The fourth-order valence-electron chi connectivity index (χ4n) is 2.33. The van der Waals surface area contributed by atoms with E-state index in [0.717, 1.165) is 25.8 Å². The molecule has 0 bridgehead atoms. The van der Waals surface area contributed by atoms with Crippen LogP contribution in [0.2, 0.25) is 0 Å². The minimum Gasteiger partial charge on any atom is -0.393 e. The summed E-state index contributed by atoms with van der Waals surface area (Å²) in [5.74, 6) is 0.237. The van der Waals surface area contributed by atoms with Crippen molar-refractivity contribution in [2.24, 2.45) is 0 Å². The Hall–Kier alpha value is -0.130. The van der Waals surface area contributed by atoms with Gasteiger partial charge in [-0.05, 0) is 46.6 Å². The van der Waals surface area contributed by atoms with Crippen molar-refractivity contribution in [3.8, 4) is 0 Å². The van der Waals surface area contributed by atoms with Gasteiger partial charge in [-0.1, -0.05) is 0 Å². The van der Waals surface area contributed by atoms with Gasteiger partial charge in [-0.15, -0.1) is 0 Å². The van der Waals surface area contributed by atoms with Gasteiger partial charge in [0.25, 0.3) is 0 Å². The molecule has 0 aromatic heterocycles. The predicted molar refractivity (Wildman–Crippen MR) is 69.8 cm³/mol. The van der Waals surface area contributed by atoms with E-state index in [4.69, 9.17) is 0 Å².